The fourth-order valence-corrected chi connectivity index (χ4v) is 3.84. The van der Waals surface area contributed by atoms with Gasteiger partial charge in [0.05, 0.1) is 23.7 Å². The van der Waals surface area contributed by atoms with E-state index in [9.17, 15) is 4.79 Å². The van der Waals surface area contributed by atoms with Crippen molar-refractivity contribution in [3.63, 3.8) is 0 Å². The summed E-state index contributed by atoms with van der Waals surface area (Å²) in [4.78, 5) is 15.0. The number of ketones is 1. The Labute approximate surface area is 140 Å². The lowest BCUT2D eigenvalue weighted by atomic mass is 10.1. The van der Waals surface area contributed by atoms with Crippen molar-refractivity contribution in [3.8, 4) is 11.8 Å². The highest BCUT2D eigenvalue weighted by molar-refractivity contribution is 7.18. The van der Waals surface area contributed by atoms with Gasteiger partial charge >= 0.3 is 0 Å². The fraction of sp³-hybridized carbons (Fsp3) is 0.316. The first-order valence-electron chi connectivity index (χ1n) is 7.71. The van der Waals surface area contributed by atoms with Crippen LogP contribution in [0.5, 0.6) is 0 Å². The van der Waals surface area contributed by atoms with E-state index in [4.69, 9.17) is 4.74 Å². The van der Waals surface area contributed by atoms with Crippen molar-refractivity contribution in [1.29, 1.82) is 0 Å². The van der Waals surface area contributed by atoms with Crippen molar-refractivity contribution in [2.24, 2.45) is 0 Å². The van der Waals surface area contributed by atoms with E-state index in [1.54, 1.807) is 18.3 Å². The third-order valence-electron chi connectivity index (χ3n) is 3.85. The number of nitrogens with zero attached hydrogens (tertiary/aromatic N) is 1. The number of anilines is 1. The van der Waals surface area contributed by atoms with Crippen LogP contribution < -0.4 is 4.90 Å². The van der Waals surface area contributed by atoms with Crippen molar-refractivity contribution in [3.05, 3.63) is 51.9 Å². The molecule has 1 aromatic carbocycles. The van der Waals surface area contributed by atoms with Crippen molar-refractivity contribution in [1.82, 2.24) is 0 Å². The Morgan fingerprint density at radius 2 is 1.87 bits per heavy atom. The normalized spacial score (nSPS) is 14.3. The van der Waals surface area contributed by atoms with Crippen molar-refractivity contribution in [2.75, 3.05) is 31.2 Å². The zero-order valence-corrected chi connectivity index (χ0v) is 14.2. The summed E-state index contributed by atoms with van der Waals surface area (Å²) in [7, 11) is 0. The van der Waals surface area contributed by atoms with Crippen LogP contribution in [0.15, 0.2) is 30.3 Å². The summed E-state index contributed by atoms with van der Waals surface area (Å²) in [5.74, 6) is 6.62. The van der Waals surface area contributed by atoms with E-state index in [2.05, 4.69) is 16.7 Å². The summed E-state index contributed by atoms with van der Waals surface area (Å²) >= 11 is 1.55. The van der Waals surface area contributed by atoms with E-state index in [1.165, 1.54) is 0 Å². The van der Waals surface area contributed by atoms with Gasteiger partial charge in [0.25, 0.3) is 0 Å². The first-order chi connectivity index (χ1) is 11.2. The molecular formula is C19H19NO2S. The van der Waals surface area contributed by atoms with Crippen LogP contribution in [0.4, 0.5) is 5.00 Å². The molecule has 118 valence electrons. The van der Waals surface area contributed by atoms with Gasteiger partial charge in [0.1, 0.15) is 5.00 Å². The number of carbonyl (C=O) groups excluding carboxylic acids is 1. The summed E-state index contributed by atoms with van der Waals surface area (Å²) in [6.07, 6.45) is 0. The summed E-state index contributed by atoms with van der Waals surface area (Å²) in [6.45, 7) is 6.74. The predicted octanol–water partition coefficient (Wildman–Crippen LogP) is 3.50. The highest BCUT2D eigenvalue weighted by atomic mass is 32.1. The Morgan fingerprint density at radius 3 is 2.52 bits per heavy atom. The molecule has 1 aromatic heterocycles. The Balaban J connectivity index is 2.03. The van der Waals surface area contributed by atoms with Gasteiger partial charge in [0.2, 0.25) is 0 Å². The zero-order chi connectivity index (χ0) is 16.2. The van der Waals surface area contributed by atoms with Gasteiger partial charge in [0, 0.05) is 18.7 Å². The third kappa shape index (κ3) is 3.47. The standard InChI is InChI=1S/C19H19NO2S/c1-14-17(9-8-16-6-4-3-5-7-16)19(23-18(14)15(2)21)20-10-12-22-13-11-20/h3-7H,10-13H2,1-2H3. The van der Waals surface area contributed by atoms with Gasteiger partial charge in [-0.15, -0.1) is 11.3 Å². The lowest BCUT2D eigenvalue weighted by Gasteiger charge is -2.27. The van der Waals surface area contributed by atoms with Crippen molar-refractivity contribution >= 4 is 22.1 Å². The molecule has 1 fully saturated rings. The van der Waals surface area contributed by atoms with E-state index in [-0.39, 0.29) is 5.78 Å². The molecule has 1 aliphatic rings. The maximum Gasteiger partial charge on any atom is 0.170 e. The summed E-state index contributed by atoms with van der Waals surface area (Å²) in [5, 5.41) is 1.10. The summed E-state index contributed by atoms with van der Waals surface area (Å²) in [5.41, 5.74) is 2.95. The highest BCUT2D eigenvalue weighted by Crippen LogP contribution is 2.36. The number of ether oxygens (including phenoxy) is 1. The number of hydrogen-bond donors (Lipinski definition) is 0. The lowest BCUT2D eigenvalue weighted by Crippen LogP contribution is -2.36. The van der Waals surface area contributed by atoms with Crippen LogP contribution in [0, 0.1) is 18.8 Å². The topological polar surface area (TPSA) is 29.5 Å². The molecule has 4 heteroatoms. The van der Waals surface area contributed by atoms with Crippen LogP contribution in [0.2, 0.25) is 0 Å². The molecule has 0 atom stereocenters. The number of benzene rings is 1. The molecule has 0 radical (unpaired) electrons. The largest absolute Gasteiger partial charge is 0.378 e. The zero-order valence-electron chi connectivity index (χ0n) is 13.4. The molecule has 3 nitrogen and oxygen atoms in total. The molecule has 0 bridgehead atoms. The van der Waals surface area contributed by atoms with Gasteiger partial charge in [-0.3, -0.25) is 4.79 Å². The van der Waals surface area contributed by atoms with Crippen LogP contribution in [-0.2, 0) is 4.74 Å². The minimum Gasteiger partial charge on any atom is -0.378 e. The minimum absolute atomic E-state index is 0.106. The van der Waals surface area contributed by atoms with Crippen LogP contribution in [0.25, 0.3) is 0 Å². The van der Waals surface area contributed by atoms with Crippen LogP contribution in [-0.4, -0.2) is 32.1 Å². The number of hydrogen-bond acceptors (Lipinski definition) is 4. The van der Waals surface area contributed by atoms with Gasteiger partial charge in [-0.1, -0.05) is 30.0 Å². The Bertz CT molecular complexity index is 762. The molecule has 3 rings (SSSR count). The van der Waals surface area contributed by atoms with Crippen LogP contribution >= 0.6 is 11.3 Å². The van der Waals surface area contributed by atoms with Crippen LogP contribution in [0.1, 0.15) is 33.3 Å². The second-order valence-electron chi connectivity index (χ2n) is 5.51. The molecular weight excluding hydrogens is 306 g/mol. The summed E-state index contributed by atoms with van der Waals surface area (Å²) in [6, 6.07) is 9.93. The molecule has 0 unspecified atom stereocenters. The lowest BCUT2D eigenvalue weighted by molar-refractivity contribution is 0.102. The number of morpholine rings is 1. The fourth-order valence-electron chi connectivity index (χ4n) is 2.63. The number of carbonyl (C=O) groups is 1. The van der Waals surface area contributed by atoms with Crippen LogP contribution in [0.3, 0.4) is 0 Å². The van der Waals surface area contributed by atoms with Gasteiger partial charge < -0.3 is 9.64 Å². The molecule has 0 spiro atoms. The number of rotatable bonds is 2. The van der Waals surface area contributed by atoms with Crippen molar-refractivity contribution in [2.45, 2.75) is 13.8 Å². The van der Waals surface area contributed by atoms with Gasteiger partial charge in [0.15, 0.2) is 5.78 Å². The second-order valence-corrected chi connectivity index (χ2v) is 6.51. The van der Waals surface area contributed by atoms with E-state index < -0.39 is 0 Å². The smallest absolute Gasteiger partial charge is 0.170 e. The molecule has 23 heavy (non-hydrogen) atoms. The van der Waals surface area contributed by atoms with Gasteiger partial charge in [-0.2, -0.15) is 0 Å². The predicted molar refractivity (Wildman–Crippen MR) is 94.5 cm³/mol. The van der Waals surface area contributed by atoms with E-state index in [1.807, 2.05) is 37.3 Å². The maximum atomic E-state index is 11.9. The molecule has 1 saturated heterocycles. The molecule has 2 heterocycles. The van der Waals surface area contributed by atoms with E-state index in [0.717, 1.165) is 52.9 Å². The Kier molecular flexibility index (Phi) is 4.80. The van der Waals surface area contributed by atoms with E-state index in [0.29, 0.717) is 0 Å². The molecule has 0 saturated carbocycles. The molecule has 1 aliphatic heterocycles. The van der Waals surface area contributed by atoms with Gasteiger partial charge in [-0.05, 0) is 31.5 Å². The number of Topliss-reactive ketones (excluding diaryl/α,β-unsaturated/α-hetero) is 1. The highest BCUT2D eigenvalue weighted by Gasteiger charge is 2.22. The molecule has 0 amide bonds. The van der Waals surface area contributed by atoms with Gasteiger partial charge in [-0.25, -0.2) is 0 Å². The quantitative estimate of drug-likeness (QED) is 0.625. The Hall–Kier alpha value is -2.09. The average molecular weight is 325 g/mol. The first-order valence-corrected chi connectivity index (χ1v) is 8.52. The van der Waals surface area contributed by atoms with E-state index >= 15 is 0 Å². The molecule has 0 N–H and O–H groups in total. The maximum absolute atomic E-state index is 11.9. The monoisotopic (exact) mass is 325 g/mol. The summed E-state index contributed by atoms with van der Waals surface area (Å²) < 4.78 is 5.43. The van der Waals surface area contributed by atoms with Crippen molar-refractivity contribution < 1.29 is 9.53 Å². The second kappa shape index (κ2) is 6.99. The third-order valence-corrected chi connectivity index (χ3v) is 5.31. The molecule has 2 aromatic rings. The minimum atomic E-state index is 0.106. The SMILES string of the molecule is CC(=O)c1sc(N2CCOCC2)c(C#Cc2ccccc2)c1C. The first kappa shape index (κ1) is 15.8. The Morgan fingerprint density at radius 1 is 1.17 bits per heavy atom. The number of thiophene rings is 1. The average Bonchev–Trinajstić information content (AvgIpc) is 2.91. The molecule has 0 aliphatic carbocycles.